The maximum Gasteiger partial charge on any atom is 0.123 e. The van der Waals surface area contributed by atoms with Gasteiger partial charge in [-0.1, -0.05) is 53.2 Å². The molecule has 100 valence electrons. The smallest absolute Gasteiger partial charge is 0.123 e. The first kappa shape index (κ1) is 14.2. The predicted octanol–water partition coefficient (Wildman–Crippen LogP) is 4.48. The average Bonchev–Trinajstić information content (AvgIpc) is 2.43. The molecule has 2 rings (SSSR count). The van der Waals surface area contributed by atoms with Gasteiger partial charge >= 0.3 is 0 Å². The van der Waals surface area contributed by atoms with Gasteiger partial charge in [-0.2, -0.15) is 0 Å². The Labute approximate surface area is 122 Å². The molecule has 1 N–H and O–H groups in total. The molecule has 2 aromatic carbocycles. The Morgan fingerprint density at radius 1 is 1.16 bits per heavy atom. The van der Waals surface area contributed by atoms with Gasteiger partial charge in [0.05, 0.1) is 0 Å². The van der Waals surface area contributed by atoms with Gasteiger partial charge in [-0.05, 0) is 35.2 Å². The molecule has 0 aliphatic carbocycles. The van der Waals surface area contributed by atoms with Crippen LogP contribution in [-0.2, 0) is 6.54 Å². The molecule has 0 saturated carbocycles. The van der Waals surface area contributed by atoms with E-state index in [0.29, 0.717) is 12.5 Å². The van der Waals surface area contributed by atoms with Gasteiger partial charge in [-0.15, -0.1) is 0 Å². The molecule has 0 radical (unpaired) electrons. The lowest BCUT2D eigenvalue weighted by atomic mass is 10.0. The molecular formula is C16H17BrFN. The van der Waals surface area contributed by atoms with Gasteiger partial charge in [0.2, 0.25) is 0 Å². The lowest BCUT2D eigenvalue weighted by Crippen LogP contribution is -2.19. The minimum Gasteiger partial charge on any atom is -0.312 e. The summed E-state index contributed by atoms with van der Waals surface area (Å²) in [5.41, 5.74) is 2.26. The van der Waals surface area contributed by atoms with Gasteiger partial charge in [-0.25, -0.2) is 4.39 Å². The fourth-order valence-electron chi connectivity index (χ4n) is 2.00. The quantitative estimate of drug-likeness (QED) is 0.856. The van der Waals surface area contributed by atoms with Crippen molar-refractivity contribution in [2.45, 2.75) is 19.4 Å². The fourth-order valence-corrected chi connectivity index (χ4v) is 2.39. The molecule has 0 saturated heterocycles. The van der Waals surface area contributed by atoms with E-state index in [1.54, 1.807) is 12.1 Å². The molecule has 0 spiro atoms. The van der Waals surface area contributed by atoms with E-state index in [1.807, 2.05) is 6.07 Å². The topological polar surface area (TPSA) is 12.0 Å². The largest absolute Gasteiger partial charge is 0.312 e. The third-order valence-corrected chi connectivity index (χ3v) is 3.92. The van der Waals surface area contributed by atoms with Crippen molar-refractivity contribution in [1.82, 2.24) is 5.32 Å². The molecule has 0 amide bonds. The molecule has 0 aliphatic rings. The molecule has 3 heteroatoms. The van der Waals surface area contributed by atoms with Crippen LogP contribution in [0.1, 0.15) is 24.0 Å². The van der Waals surface area contributed by atoms with Crippen LogP contribution >= 0.6 is 15.9 Å². The van der Waals surface area contributed by atoms with Crippen LogP contribution in [0.2, 0.25) is 0 Å². The molecule has 1 unspecified atom stereocenters. The molecule has 0 aromatic heterocycles. The summed E-state index contributed by atoms with van der Waals surface area (Å²) in [6.45, 7) is 3.71. The number of rotatable bonds is 5. The Balaban J connectivity index is 1.88. The normalized spacial score (nSPS) is 12.4. The van der Waals surface area contributed by atoms with Gasteiger partial charge in [0, 0.05) is 17.6 Å². The van der Waals surface area contributed by atoms with Crippen molar-refractivity contribution in [1.29, 1.82) is 0 Å². The van der Waals surface area contributed by atoms with Crippen molar-refractivity contribution in [2.75, 3.05) is 6.54 Å². The van der Waals surface area contributed by atoms with Gasteiger partial charge in [0.15, 0.2) is 0 Å². The van der Waals surface area contributed by atoms with Crippen LogP contribution in [0.25, 0.3) is 0 Å². The van der Waals surface area contributed by atoms with E-state index < -0.39 is 0 Å². The first-order chi connectivity index (χ1) is 9.16. The zero-order valence-electron chi connectivity index (χ0n) is 10.9. The molecule has 1 atom stereocenters. The highest BCUT2D eigenvalue weighted by Crippen LogP contribution is 2.18. The van der Waals surface area contributed by atoms with Crippen LogP contribution in [0.3, 0.4) is 0 Å². The Bertz CT molecular complexity index is 528. The van der Waals surface area contributed by atoms with Crippen LogP contribution in [0.5, 0.6) is 0 Å². The van der Waals surface area contributed by atoms with Crippen molar-refractivity contribution in [3.63, 3.8) is 0 Å². The summed E-state index contributed by atoms with van der Waals surface area (Å²) < 4.78 is 14.1. The van der Waals surface area contributed by atoms with E-state index in [2.05, 4.69) is 52.4 Å². The Hall–Kier alpha value is -1.19. The molecule has 1 nitrogen and oxygen atoms in total. The van der Waals surface area contributed by atoms with Crippen LogP contribution in [0.4, 0.5) is 4.39 Å². The molecule has 0 heterocycles. The molecule has 0 aliphatic heterocycles. The number of hydrogen-bond donors (Lipinski definition) is 1. The van der Waals surface area contributed by atoms with E-state index in [9.17, 15) is 4.39 Å². The predicted molar refractivity (Wildman–Crippen MR) is 80.7 cm³/mol. The summed E-state index contributed by atoms with van der Waals surface area (Å²) in [4.78, 5) is 0. The van der Waals surface area contributed by atoms with Crippen molar-refractivity contribution in [2.24, 2.45) is 0 Å². The van der Waals surface area contributed by atoms with Gasteiger partial charge in [0.25, 0.3) is 0 Å². The molecule has 0 fully saturated rings. The van der Waals surface area contributed by atoms with Crippen LogP contribution < -0.4 is 5.32 Å². The monoisotopic (exact) mass is 321 g/mol. The number of halogens is 2. The molecule has 2 aromatic rings. The van der Waals surface area contributed by atoms with Crippen LogP contribution in [0, 0.1) is 5.82 Å². The molecule has 0 bridgehead atoms. The minimum absolute atomic E-state index is 0.198. The molecule has 19 heavy (non-hydrogen) atoms. The highest BCUT2D eigenvalue weighted by Gasteiger charge is 2.06. The first-order valence-electron chi connectivity index (χ1n) is 6.36. The maximum atomic E-state index is 13.1. The first-order valence-corrected chi connectivity index (χ1v) is 7.15. The van der Waals surface area contributed by atoms with E-state index in [0.717, 1.165) is 16.6 Å². The van der Waals surface area contributed by atoms with E-state index in [1.165, 1.54) is 11.6 Å². The summed E-state index contributed by atoms with van der Waals surface area (Å²) >= 11 is 3.44. The van der Waals surface area contributed by atoms with E-state index >= 15 is 0 Å². The van der Waals surface area contributed by atoms with Crippen LogP contribution in [0.15, 0.2) is 53.0 Å². The maximum absolute atomic E-state index is 13.1. The second kappa shape index (κ2) is 6.83. The third kappa shape index (κ3) is 4.15. The number of hydrogen-bond acceptors (Lipinski definition) is 1. The second-order valence-corrected chi connectivity index (χ2v) is 5.53. The zero-order chi connectivity index (χ0) is 13.7. The summed E-state index contributed by atoms with van der Waals surface area (Å²) in [5.74, 6) is 0.240. The standard InChI is InChI=1S/C16H17BrFN/c1-12(13-5-3-2-4-6-13)10-19-11-14-9-15(18)7-8-16(14)17/h2-9,12,19H,10-11H2,1H3. The summed E-state index contributed by atoms with van der Waals surface area (Å²) in [7, 11) is 0. The lowest BCUT2D eigenvalue weighted by Gasteiger charge is -2.13. The van der Waals surface area contributed by atoms with E-state index in [-0.39, 0.29) is 5.82 Å². The minimum atomic E-state index is -0.198. The van der Waals surface area contributed by atoms with Crippen molar-refractivity contribution >= 4 is 15.9 Å². The second-order valence-electron chi connectivity index (χ2n) is 4.68. The highest BCUT2D eigenvalue weighted by atomic mass is 79.9. The van der Waals surface area contributed by atoms with Crippen LogP contribution in [-0.4, -0.2) is 6.54 Å². The van der Waals surface area contributed by atoms with E-state index in [4.69, 9.17) is 0 Å². The SMILES string of the molecule is CC(CNCc1cc(F)ccc1Br)c1ccccc1. The Morgan fingerprint density at radius 3 is 2.63 bits per heavy atom. The Morgan fingerprint density at radius 2 is 1.89 bits per heavy atom. The van der Waals surface area contributed by atoms with Crippen molar-refractivity contribution in [3.05, 3.63) is 69.9 Å². The lowest BCUT2D eigenvalue weighted by molar-refractivity contribution is 0.601. The van der Waals surface area contributed by atoms with Crippen molar-refractivity contribution in [3.8, 4) is 0 Å². The highest BCUT2D eigenvalue weighted by molar-refractivity contribution is 9.10. The average molecular weight is 322 g/mol. The zero-order valence-corrected chi connectivity index (χ0v) is 12.5. The van der Waals surface area contributed by atoms with Crippen molar-refractivity contribution < 1.29 is 4.39 Å². The van der Waals surface area contributed by atoms with Gasteiger partial charge < -0.3 is 5.32 Å². The fraction of sp³-hybridized carbons (Fsp3) is 0.250. The summed E-state index contributed by atoms with van der Waals surface area (Å²) in [5, 5.41) is 3.37. The summed E-state index contributed by atoms with van der Waals surface area (Å²) in [6, 6.07) is 15.1. The Kier molecular flexibility index (Phi) is 5.11. The van der Waals surface area contributed by atoms with Gasteiger partial charge in [0.1, 0.15) is 5.82 Å². The van der Waals surface area contributed by atoms with Gasteiger partial charge in [-0.3, -0.25) is 0 Å². The third-order valence-electron chi connectivity index (χ3n) is 3.14. The summed E-state index contributed by atoms with van der Waals surface area (Å²) in [6.07, 6.45) is 0. The molecular weight excluding hydrogens is 305 g/mol. The number of nitrogens with one attached hydrogen (secondary N) is 1. The number of benzene rings is 2.